The fourth-order valence-electron chi connectivity index (χ4n) is 1.76. The first kappa shape index (κ1) is 14.5. The van der Waals surface area contributed by atoms with Crippen molar-refractivity contribution < 1.29 is 14.3 Å². The molecule has 0 aliphatic heterocycles. The van der Waals surface area contributed by atoms with E-state index in [9.17, 15) is 4.79 Å². The number of aryl methyl sites for hydroxylation is 1. The molecule has 0 atom stereocenters. The second-order valence-corrected chi connectivity index (χ2v) is 4.35. The number of ether oxygens (including phenoxy) is 2. The summed E-state index contributed by atoms with van der Waals surface area (Å²) in [6, 6.07) is 8.37. The monoisotopic (exact) mass is 282 g/mol. The Morgan fingerprint density at radius 1 is 1.29 bits per heavy atom. The summed E-state index contributed by atoms with van der Waals surface area (Å²) in [5.41, 5.74) is 1.67. The normalized spacial score (nSPS) is 9.76. The molecule has 2 aromatic rings. The Kier molecular flexibility index (Phi) is 4.52. The van der Waals surface area contributed by atoms with Crippen LogP contribution in [0.1, 0.15) is 28.4 Å². The van der Waals surface area contributed by atoms with E-state index in [2.05, 4.69) is 4.98 Å². The molecule has 0 spiro atoms. The van der Waals surface area contributed by atoms with Gasteiger partial charge in [-0.2, -0.15) is 5.26 Å². The first-order chi connectivity index (χ1) is 10.1. The largest absolute Gasteiger partial charge is 0.490 e. The molecular formula is C16H14N2O3. The van der Waals surface area contributed by atoms with Crippen LogP contribution in [0.2, 0.25) is 0 Å². The number of esters is 1. The summed E-state index contributed by atoms with van der Waals surface area (Å²) in [4.78, 5) is 16.1. The Hall–Kier alpha value is -2.87. The van der Waals surface area contributed by atoms with E-state index in [0.717, 1.165) is 5.56 Å². The number of pyridine rings is 1. The molecule has 1 aromatic carbocycles. The summed E-state index contributed by atoms with van der Waals surface area (Å²) in [5, 5.41) is 8.89. The van der Waals surface area contributed by atoms with E-state index < -0.39 is 5.97 Å². The molecular weight excluding hydrogens is 268 g/mol. The Labute approximate surface area is 122 Å². The van der Waals surface area contributed by atoms with Crippen LogP contribution in [0.25, 0.3) is 0 Å². The molecule has 21 heavy (non-hydrogen) atoms. The van der Waals surface area contributed by atoms with Gasteiger partial charge in [0.25, 0.3) is 0 Å². The van der Waals surface area contributed by atoms with Crippen LogP contribution in [-0.2, 0) is 0 Å². The average Bonchev–Trinajstić information content (AvgIpc) is 2.49. The van der Waals surface area contributed by atoms with Crippen molar-refractivity contribution >= 4 is 5.97 Å². The SMILES string of the molecule is CCOc1cc(C#N)ccc1OC(=O)c1cncc(C)c1. The third-order valence-electron chi connectivity index (χ3n) is 2.69. The number of nitrogens with zero attached hydrogens (tertiary/aromatic N) is 2. The van der Waals surface area contributed by atoms with Crippen molar-refractivity contribution in [2.24, 2.45) is 0 Å². The zero-order chi connectivity index (χ0) is 15.2. The molecule has 0 radical (unpaired) electrons. The quantitative estimate of drug-likeness (QED) is 0.637. The molecule has 0 saturated heterocycles. The molecule has 0 unspecified atom stereocenters. The standard InChI is InChI=1S/C16H14N2O3/c1-3-20-15-7-12(8-17)4-5-14(15)21-16(19)13-6-11(2)9-18-10-13/h4-7,9-10H,3H2,1-2H3. The number of rotatable bonds is 4. The lowest BCUT2D eigenvalue weighted by atomic mass is 10.2. The molecule has 2 rings (SSSR count). The number of hydrogen-bond donors (Lipinski definition) is 0. The molecule has 0 aliphatic rings. The van der Waals surface area contributed by atoms with Gasteiger partial charge in [0.05, 0.1) is 23.8 Å². The van der Waals surface area contributed by atoms with Crippen LogP contribution >= 0.6 is 0 Å². The highest BCUT2D eigenvalue weighted by molar-refractivity contribution is 5.91. The van der Waals surface area contributed by atoms with Gasteiger partial charge in [-0.15, -0.1) is 0 Å². The molecule has 1 heterocycles. The molecule has 1 aromatic heterocycles. The van der Waals surface area contributed by atoms with Crippen molar-refractivity contribution in [2.45, 2.75) is 13.8 Å². The number of aromatic nitrogens is 1. The third kappa shape index (κ3) is 3.57. The second kappa shape index (κ2) is 6.53. The van der Waals surface area contributed by atoms with Crippen LogP contribution in [0.5, 0.6) is 11.5 Å². The van der Waals surface area contributed by atoms with Gasteiger partial charge in [0, 0.05) is 18.5 Å². The van der Waals surface area contributed by atoms with Gasteiger partial charge in [0.2, 0.25) is 0 Å². The highest BCUT2D eigenvalue weighted by Gasteiger charge is 2.13. The number of nitriles is 1. The van der Waals surface area contributed by atoms with Gasteiger partial charge in [-0.3, -0.25) is 4.98 Å². The van der Waals surface area contributed by atoms with Crippen molar-refractivity contribution in [1.82, 2.24) is 4.98 Å². The number of benzene rings is 1. The lowest BCUT2D eigenvalue weighted by Gasteiger charge is -2.10. The molecule has 106 valence electrons. The van der Waals surface area contributed by atoms with Gasteiger partial charge in [0.1, 0.15) is 0 Å². The zero-order valence-electron chi connectivity index (χ0n) is 11.8. The van der Waals surface area contributed by atoms with Crippen molar-refractivity contribution in [2.75, 3.05) is 6.61 Å². The van der Waals surface area contributed by atoms with Crippen LogP contribution in [0.4, 0.5) is 0 Å². The second-order valence-electron chi connectivity index (χ2n) is 4.35. The zero-order valence-corrected chi connectivity index (χ0v) is 11.8. The van der Waals surface area contributed by atoms with Gasteiger partial charge in [0.15, 0.2) is 11.5 Å². The van der Waals surface area contributed by atoms with Crippen molar-refractivity contribution in [3.8, 4) is 17.6 Å². The minimum atomic E-state index is -0.517. The summed E-state index contributed by atoms with van der Waals surface area (Å²) in [6.07, 6.45) is 3.10. The first-order valence-electron chi connectivity index (χ1n) is 6.45. The van der Waals surface area contributed by atoms with Crippen molar-refractivity contribution in [3.63, 3.8) is 0 Å². The average molecular weight is 282 g/mol. The van der Waals surface area contributed by atoms with E-state index in [0.29, 0.717) is 23.5 Å². The molecule has 0 fully saturated rings. The van der Waals surface area contributed by atoms with Crippen molar-refractivity contribution in [1.29, 1.82) is 5.26 Å². The van der Waals surface area contributed by atoms with E-state index in [1.807, 2.05) is 19.9 Å². The Bertz CT molecular complexity index is 705. The summed E-state index contributed by atoms with van der Waals surface area (Å²) in [5.74, 6) is 0.129. The van der Waals surface area contributed by atoms with Gasteiger partial charge in [-0.05, 0) is 37.6 Å². The minimum absolute atomic E-state index is 0.280. The van der Waals surface area contributed by atoms with Gasteiger partial charge >= 0.3 is 5.97 Å². The maximum atomic E-state index is 12.1. The fourth-order valence-corrected chi connectivity index (χ4v) is 1.76. The van der Waals surface area contributed by atoms with Crippen LogP contribution in [0.3, 0.4) is 0 Å². The molecule has 0 N–H and O–H groups in total. The summed E-state index contributed by atoms with van der Waals surface area (Å²) >= 11 is 0. The van der Waals surface area contributed by atoms with Gasteiger partial charge < -0.3 is 9.47 Å². The molecule has 0 amide bonds. The molecule has 5 nitrogen and oxygen atoms in total. The predicted octanol–water partition coefficient (Wildman–Crippen LogP) is 2.88. The first-order valence-corrected chi connectivity index (χ1v) is 6.45. The lowest BCUT2D eigenvalue weighted by molar-refractivity contribution is 0.0728. The topological polar surface area (TPSA) is 72.2 Å². The highest BCUT2D eigenvalue weighted by atomic mass is 16.6. The van der Waals surface area contributed by atoms with Crippen LogP contribution in [-0.4, -0.2) is 17.6 Å². The summed E-state index contributed by atoms with van der Waals surface area (Å²) in [6.45, 7) is 4.07. The molecule has 0 aliphatic carbocycles. The van der Waals surface area contributed by atoms with E-state index in [1.54, 1.807) is 30.5 Å². The summed E-state index contributed by atoms with van der Waals surface area (Å²) in [7, 11) is 0. The van der Waals surface area contributed by atoms with Crippen LogP contribution in [0.15, 0.2) is 36.7 Å². The lowest BCUT2D eigenvalue weighted by Crippen LogP contribution is -2.10. The maximum Gasteiger partial charge on any atom is 0.345 e. The predicted molar refractivity (Wildman–Crippen MR) is 76.3 cm³/mol. The molecule has 5 heteroatoms. The van der Waals surface area contributed by atoms with Crippen molar-refractivity contribution in [3.05, 3.63) is 53.3 Å². The van der Waals surface area contributed by atoms with E-state index in [4.69, 9.17) is 14.7 Å². The number of hydrogen-bond acceptors (Lipinski definition) is 5. The van der Waals surface area contributed by atoms with Gasteiger partial charge in [-0.1, -0.05) is 0 Å². The fraction of sp³-hybridized carbons (Fsp3) is 0.188. The third-order valence-corrected chi connectivity index (χ3v) is 2.69. The summed E-state index contributed by atoms with van der Waals surface area (Å²) < 4.78 is 10.7. The maximum absolute atomic E-state index is 12.1. The Morgan fingerprint density at radius 3 is 2.76 bits per heavy atom. The molecule has 0 saturated carbocycles. The van der Waals surface area contributed by atoms with E-state index in [-0.39, 0.29) is 5.75 Å². The van der Waals surface area contributed by atoms with E-state index in [1.165, 1.54) is 6.20 Å². The van der Waals surface area contributed by atoms with Crippen LogP contribution < -0.4 is 9.47 Å². The highest BCUT2D eigenvalue weighted by Crippen LogP contribution is 2.29. The van der Waals surface area contributed by atoms with Gasteiger partial charge in [-0.25, -0.2) is 4.79 Å². The number of carbonyl (C=O) groups excluding carboxylic acids is 1. The minimum Gasteiger partial charge on any atom is -0.490 e. The Balaban J connectivity index is 2.26. The van der Waals surface area contributed by atoms with E-state index >= 15 is 0 Å². The molecule has 0 bridgehead atoms. The van der Waals surface area contributed by atoms with Crippen LogP contribution in [0, 0.1) is 18.3 Å². The Morgan fingerprint density at radius 2 is 2.10 bits per heavy atom. The smallest absolute Gasteiger partial charge is 0.345 e. The number of carbonyl (C=O) groups is 1.